The van der Waals surface area contributed by atoms with E-state index in [2.05, 4.69) is 41.8 Å². The molecular formula is C16H24N2O2. The highest BCUT2D eigenvalue weighted by molar-refractivity contribution is 5.60. The van der Waals surface area contributed by atoms with Crippen molar-refractivity contribution in [2.24, 2.45) is 0 Å². The van der Waals surface area contributed by atoms with Crippen molar-refractivity contribution in [2.75, 3.05) is 51.4 Å². The molecule has 2 saturated heterocycles. The van der Waals surface area contributed by atoms with Gasteiger partial charge in [-0.15, -0.1) is 0 Å². The lowest BCUT2D eigenvalue weighted by atomic mass is 9.97. The first kappa shape index (κ1) is 13.7. The second-order valence-corrected chi connectivity index (χ2v) is 6.14. The Balaban J connectivity index is 1.69. The summed E-state index contributed by atoms with van der Waals surface area (Å²) in [6, 6.07) is 6.45. The van der Waals surface area contributed by atoms with Gasteiger partial charge in [-0.05, 0) is 31.5 Å². The van der Waals surface area contributed by atoms with Gasteiger partial charge in [-0.2, -0.15) is 0 Å². The first-order valence-corrected chi connectivity index (χ1v) is 7.35. The SMILES string of the molecule is COc1cc(C)ccc1N1CCN(C2(C)COC2)CC1. The molecule has 20 heavy (non-hydrogen) atoms. The van der Waals surface area contributed by atoms with Gasteiger partial charge in [-0.3, -0.25) is 4.90 Å². The van der Waals surface area contributed by atoms with E-state index in [4.69, 9.17) is 9.47 Å². The highest BCUT2D eigenvalue weighted by Crippen LogP contribution is 2.32. The summed E-state index contributed by atoms with van der Waals surface area (Å²) >= 11 is 0. The quantitative estimate of drug-likeness (QED) is 0.842. The Hall–Kier alpha value is -1.26. The molecule has 4 nitrogen and oxygen atoms in total. The summed E-state index contributed by atoms with van der Waals surface area (Å²) in [5.41, 5.74) is 2.72. The zero-order valence-corrected chi connectivity index (χ0v) is 12.7. The number of piperazine rings is 1. The Labute approximate surface area is 121 Å². The molecule has 1 aromatic carbocycles. The Morgan fingerprint density at radius 3 is 2.40 bits per heavy atom. The molecule has 3 rings (SSSR count). The molecule has 0 aromatic heterocycles. The second-order valence-electron chi connectivity index (χ2n) is 6.14. The van der Waals surface area contributed by atoms with Crippen LogP contribution in [0.4, 0.5) is 5.69 Å². The van der Waals surface area contributed by atoms with Gasteiger partial charge in [0.2, 0.25) is 0 Å². The van der Waals surface area contributed by atoms with E-state index in [0.717, 1.165) is 45.1 Å². The van der Waals surface area contributed by atoms with Crippen molar-refractivity contribution in [3.8, 4) is 5.75 Å². The fourth-order valence-electron chi connectivity index (χ4n) is 3.11. The van der Waals surface area contributed by atoms with Gasteiger partial charge in [0, 0.05) is 26.2 Å². The normalized spacial score (nSPS) is 22.4. The number of benzene rings is 1. The van der Waals surface area contributed by atoms with E-state index in [-0.39, 0.29) is 5.54 Å². The summed E-state index contributed by atoms with van der Waals surface area (Å²) in [5.74, 6) is 0.983. The van der Waals surface area contributed by atoms with Crippen molar-refractivity contribution in [1.29, 1.82) is 0 Å². The molecule has 4 heteroatoms. The van der Waals surface area contributed by atoms with Crippen LogP contribution in [-0.4, -0.2) is 56.9 Å². The van der Waals surface area contributed by atoms with Crippen molar-refractivity contribution in [3.05, 3.63) is 23.8 Å². The molecule has 0 aliphatic carbocycles. The minimum absolute atomic E-state index is 0.267. The van der Waals surface area contributed by atoms with Crippen LogP contribution in [0.3, 0.4) is 0 Å². The lowest BCUT2D eigenvalue weighted by Gasteiger charge is -2.50. The zero-order chi connectivity index (χ0) is 14.2. The van der Waals surface area contributed by atoms with E-state index in [9.17, 15) is 0 Å². The van der Waals surface area contributed by atoms with E-state index in [1.165, 1.54) is 11.3 Å². The van der Waals surface area contributed by atoms with Crippen molar-refractivity contribution >= 4 is 5.69 Å². The molecule has 0 spiro atoms. The van der Waals surface area contributed by atoms with Crippen LogP contribution in [0.25, 0.3) is 0 Å². The van der Waals surface area contributed by atoms with Crippen LogP contribution < -0.4 is 9.64 Å². The maximum Gasteiger partial charge on any atom is 0.142 e. The van der Waals surface area contributed by atoms with E-state index >= 15 is 0 Å². The highest BCUT2D eigenvalue weighted by atomic mass is 16.5. The van der Waals surface area contributed by atoms with E-state index < -0.39 is 0 Å². The molecule has 110 valence electrons. The van der Waals surface area contributed by atoms with Gasteiger partial charge < -0.3 is 14.4 Å². The third-order valence-corrected chi connectivity index (χ3v) is 4.55. The molecule has 0 radical (unpaired) electrons. The number of aryl methyl sites for hydroxylation is 1. The molecule has 2 heterocycles. The van der Waals surface area contributed by atoms with Gasteiger partial charge in [0.1, 0.15) is 5.75 Å². The monoisotopic (exact) mass is 276 g/mol. The first-order valence-electron chi connectivity index (χ1n) is 7.35. The maximum atomic E-state index is 5.53. The Morgan fingerprint density at radius 2 is 1.85 bits per heavy atom. The maximum absolute atomic E-state index is 5.53. The summed E-state index contributed by atoms with van der Waals surface area (Å²) in [5, 5.41) is 0. The number of hydrogen-bond acceptors (Lipinski definition) is 4. The van der Waals surface area contributed by atoms with Crippen molar-refractivity contribution < 1.29 is 9.47 Å². The highest BCUT2D eigenvalue weighted by Gasteiger charge is 2.40. The number of rotatable bonds is 3. The fourth-order valence-corrected chi connectivity index (χ4v) is 3.11. The standard InChI is InChI=1S/C16H24N2O2/c1-13-4-5-14(15(10-13)19-3)17-6-8-18(9-7-17)16(2)11-20-12-16/h4-5,10H,6-9,11-12H2,1-3H3. The lowest BCUT2D eigenvalue weighted by molar-refractivity contribution is -0.131. The molecule has 2 fully saturated rings. The molecule has 0 amide bonds. The van der Waals surface area contributed by atoms with E-state index in [1.807, 2.05) is 0 Å². The summed E-state index contributed by atoms with van der Waals surface area (Å²) in [7, 11) is 1.75. The summed E-state index contributed by atoms with van der Waals surface area (Å²) in [4.78, 5) is 4.99. The van der Waals surface area contributed by atoms with Crippen LogP contribution in [0.2, 0.25) is 0 Å². The summed E-state index contributed by atoms with van der Waals surface area (Å²) < 4.78 is 10.9. The number of ether oxygens (including phenoxy) is 2. The van der Waals surface area contributed by atoms with Gasteiger partial charge >= 0.3 is 0 Å². The Bertz CT molecular complexity index is 477. The average Bonchev–Trinajstić information content (AvgIpc) is 2.45. The van der Waals surface area contributed by atoms with Gasteiger partial charge in [-0.1, -0.05) is 6.07 Å². The Morgan fingerprint density at radius 1 is 1.15 bits per heavy atom. The van der Waals surface area contributed by atoms with E-state index in [1.54, 1.807) is 7.11 Å². The molecule has 0 N–H and O–H groups in total. The number of anilines is 1. The molecule has 0 bridgehead atoms. The van der Waals surface area contributed by atoms with Gasteiger partial charge in [0.25, 0.3) is 0 Å². The van der Waals surface area contributed by atoms with Crippen molar-refractivity contribution in [3.63, 3.8) is 0 Å². The topological polar surface area (TPSA) is 24.9 Å². The van der Waals surface area contributed by atoms with Crippen LogP contribution in [0.1, 0.15) is 12.5 Å². The molecule has 0 unspecified atom stereocenters. The number of nitrogens with zero attached hydrogens (tertiary/aromatic N) is 2. The lowest BCUT2D eigenvalue weighted by Crippen LogP contribution is -2.64. The minimum Gasteiger partial charge on any atom is -0.495 e. The van der Waals surface area contributed by atoms with Gasteiger partial charge in [0.15, 0.2) is 0 Å². The number of hydrogen-bond donors (Lipinski definition) is 0. The Kier molecular flexibility index (Phi) is 3.61. The average molecular weight is 276 g/mol. The third kappa shape index (κ3) is 2.38. The van der Waals surface area contributed by atoms with Crippen LogP contribution >= 0.6 is 0 Å². The van der Waals surface area contributed by atoms with Crippen molar-refractivity contribution in [1.82, 2.24) is 4.90 Å². The van der Waals surface area contributed by atoms with Gasteiger partial charge in [0.05, 0.1) is 31.5 Å². The van der Waals surface area contributed by atoms with Crippen LogP contribution in [-0.2, 0) is 4.74 Å². The van der Waals surface area contributed by atoms with Crippen LogP contribution in [0.15, 0.2) is 18.2 Å². The molecule has 0 saturated carbocycles. The zero-order valence-electron chi connectivity index (χ0n) is 12.7. The minimum atomic E-state index is 0.267. The predicted molar refractivity (Wildman–Crippen MR) is 80.7 cm³/mol. The third-order valence-electron chi connectivity index (χ3n) is 4.55. The molecule has 2 aliphatic heterocycles. The van der Waals surface area contributed by atoms with Crippen LogP contribution in [0, 0.1) is 6.92 Å². The predicted octanol–water partition coefficient (Wildman–Crippen LogP) is 1.91. The smallest absolute Gasteiger partial charge is 0.142 e. The fraction of sp³-hybridized carbons (Fsp3) is 0.625. The molecule has 0 atom stereocenters. The molecule has 1 aromatic rings. The molecular weight excluding hydrogens is 252 g/mol. The second kappa shape index (κ2) is 5.26. The first-order chi connectivity index (χ1) is 9.62. The molecule has 2 aliphatic rings. The van der Waals surface area contributed by atoms with Crippen molar-refractivity contribution in [2.45, 2.75) is 19.4 Å². The van der Waals surface area contributed by atoms with Crippen LogP contribution in [0.5, 0.6) is 5.75 Å². The van der Waals surface area contributed by atoms with E-state index in [0.29, 0.717) is 0 Å². The largest absolute Gasteiger partial charge is 0.495 e. The summed E-state index contributed by atoms with van der Waals surface area (Å²) in [6.07, 6.45) is 0. The van der Waals surface area contributed by atoms with Gasteiger partial charge in [-0.25, -0.2) is 0 Å². The summed E-state index contributed by atoms with van der Waals surface area (Å²) in [6.45, 7) is 10.4. The number of methoxy groups -OCH3 is 1.